The fourth-order valence-electron chi connectivity index (χ4n) is 2.03. The van der Waals surface area contributed by atoms with Crippen molar-refractivity contribution < 1.29 is 17.9 Å². The van der Waals surface area contributed by atoms with Gasteiger partial charge in [-0.1, -0.05) is 6.92 Å². The molecule has 17 heavy (non-hydrogen) atoms. The van der Waals surface area contributed by atoms with Gasteiger partial charge in [0.05, 0.1) is 18.3 Å². The number of hydrogen-bond acceptors (Lipinski definition) is 4. The van der Waals surface area contributed by atoms with Gasteiger partial charge in [0.1, 0.15) is 0 Å². The number of piperidine rings is 1. The molecule has 5 nitrogen and oxygen atoms in total. The summed E-state index contributed by atoms with van der Waals surface area (Å²) in [5.74, 6) is -0.415. The highest BCUT2D eigenvalue weighted by Crippen LogP contribution is 2.20. The van der Waals surface area contributed by atoms with Crippen LogP contribution in [0.3, 0.4) is 0 Å². The van der Waals surface area contributed by atoms with Crippen molar-refractivity contribution in [1.29, 1.82) is 0 Å². The summed E-state index contributed by atoms with van der Waals surface area (Å²) in [6.45, 7) is 4.74. The minimum atomic E-state index is -3.19. The van der Waals surface area contributed by atoms with E-state index < -0.39 is 10.0 Å². The van der Waals surface area contributed by atoms with Gasteiger partial charge in [0.15, 0.2) is 0 Å². The molecule has 0 aromatic heterocycles. The van der Waals surface area contributed by atoms with E-state index in [1.807, 2.05) is 6.92 Å². The predicted octanol–water partition coefficient (Wildman–Crippen LogP) is 1.00. The molecule has 1 atom stereocenters. The second kappa shape index (κ2) is 6.35. The maximum absolute atomic E-state index is 11.9. The molecule has 1 fully saturated rings. The Bertz CT molecular complexity index is 352. The highest BCUT2D eigenvalue weighted by Gasteiger charge is 2.32. The first-order valence-corrected chi connectivity index (χ1v) is 7.76. The molecule has 1 aliphatic rings. The number of rotatable bonds is 5. The highest BCUT2D eigenvalue weighted by atomic mass is 32.2. The first kappa shape index (κ1) is 14.4. The summed E-state index contributed by atoms with van der Waals surface area (Å²) in [5.41, 5.74) is 0. The zero-order chi connectivity index (χ0) is 12.9. The minimum Gasteiger partial charge on any atom is -0.466 e. The number of ether oxygens (including phenoxy) is 1. The van der Waals surface area contributed by atoms with Crippen molar-refractivity contribution in [3.63, 3.8) is 0 Å². The summed E-state index contributed by atoms with van der Waals surface area (Å²) in [4.78, 5) is 11.6. The monoisotopic (exact) mass is 263 g/mol. The Morgan fingerprint density at radius 2 is 2.12 bits per heavy atom. The number of nitrogens with zero attached hydrogens (tertiary/aromatic N) is 1. The second-order valence-electron chi connectivity index (χ2n) is 4.27. The van der Waals surface area contributed by atoms with Crippen LogP contribution >= 0.6 is 0 Å². The predicted molar refractivity (Wildman–Crippen MR) is 65.0 cm³/mol. The molecule has 0 aliphatic carbocycles. The third kappa shape index (κ3) is 3.96. The molecule has 1 unspecified atom stereocenters. The molecule has 1 heterocycles. The van der Waals surface area contributed by atoms with E-state index in [2.05, 4.69) is 0 Å². The van der Waals surface area contributed by atoms with Crippen molar-refractivity contribution in [2.45, 2.75) is 33.1 Å². The Balaban J connectivity index is 2.63. The van der Waals surface area contributed by atoms with Crippen LogP contribution in [0.1, 0.15) is 33.1 Å². The lowest BCUT2D eigenvalue weighted by molar-refractivity contribution is -0.149. The number of esters is 1. The third-order valence-electron chi connectivity index (χ3n) is 2.86. The lowest BCUT2D eigenvalue weighted by Crippen LogP contribution is -2.43. The summed E-state index contributed by atoms with van der Waals surface area (Å²) >= 11 is 0. The van der Waals surface area contributed by atoms with E-state index in [0.29, 0.717) is 19.6 Å². The van der Waals surface area contributed by atoms with Crippen LogP contribution in [0.15, 0.2) is 0 Å². The molecule has 6 heteroatoms. The third-order valence-corrected chi connectivity index (χ3v) is 4.90. The average molecular weight is 263 g/mol. The molecular formula is C11H21NO4S. The lowest BCUT2D eigenvalue weighted by Gasteiger charge is -2.30. The summed E-state index contributed by atoms with van der Waals surface area (Å²) in [6.07, 6.45) is 2.05. The number of hydrogen-bond donors (Lipinski definition) is 0. The van der Waals surface area contributed by atoms with E-state index in [-0.39, 0.29) is 24.2 Å². The van der Waals surface area contributed by atoms with Gasteiger partial charge >= 0.3 is 5.97 Å². The van der Waals surface area contributed by atoms with Crippen molar-refractivity contribution in [1.82, 2.24) is 4.31 Å². The highest BCUT2D eigenvalue weighted by molar-refractivity contribution is 7.89. The zero-order valence-corrected chi connectivity index (χ0v) is 11.3. The average Bonchev–Trinajstić information content (AvgIpc) is 2.29. The van der Waals surface area contributed by atoms with Crippen LogP contribution in [0.4, 0.5) is 0 Å². The van der Waals surface area contributed by atoms with Gasteiger partial charge in [0.2, 0.25) is 10.0 Å². The van der Waals surface area contributed by atoms with Crippen LogP contribution in [0.5, 0.6) is 0 Å². The van der Waals surface area contributed by atoms with Crippen molar-refractivity contribution >= 4 is 16.0 Å². The van der Waals surface area contributed by atoms with E-state index in [1.54, 1.807) is 6.92 Å². The standard InChI is InChI=1S/C11H21NO4S/c1-3-8-17(14,15)12-7-5-6-10(9-12)11(13)16-4-2/h10H,3-9H2,1-2H3. The van der Waals surface area contributed by atoms with Crippen molar-refractivity contribution in [3.8, 4) is 0 Å². The molecule has 0 spiro atoms. The van der Waals surface area contributed by atoms with E-state index in [1.165, 1.54) is 4.31 Å². The Morgan fingerprint density at radius 3 is 2.71 bits per heavy atom. The molecule has 0 N–H and O–H groups in total. The first-order valence-electron chi connectivity index (χ1n) is 6.15. The minimum absolute atomic E-state index is 0.155. The Kier molecular flexibility index (Phi) is 5.39. The summed E-state index contributed by atoms with van der Waals surface area (Å²) in [7, 11) is -3.19. The topological polar surface area (TPSA) is 63.7 Å². The van der Waals surface area contributed by atoms with Crippen LogP contribution in [-0.2, 0) is 19.6 Å². The van der Waals surface area contributed by atoms with Crippen LogP contribution in [0.25, 0.3) is 0 Å². The summed E-state index contributed by atoms with van der Waals surface area (Å²) in [6, 6.07) is 0. The largest absolute Gasteiger partial charge is 0.466 e. The van der Waals surface area contributed by atoms with E-state index in [0.717, 1.165) is 12.8 Å². The van der Waals surface area contributed by atoms with Gasteiger partial charge in [-0.15, -0.1) is 0 Å². The van der Waals surface area contributed by atoms with Crippen LogP contribution in [-0.4, -0.2) is 44.1 Å². The smallest absolute Gasteiger partial charge is 0.310 e. The first-order chi connectivity index (χ1) is 8.01. The molecule has 0 radical (unpaired) electrons. The van der Waals surface area contributed by atoms with Gasteiger partial charge < -0.3 is 4.74 Å². The molecule has 100 valence electrons. The quantitative estimate of drug-likeness (QED) is 0.694. The fourth-order valence-corrected chi connectivity index (χ4v) is 3.62. The Labute approximate surface area is 103 Å². The summed E-state index contributed by atoms with van der Waals surface area (Å²) in [5, 5.41) is 0. The summed E-state index contributed by atoms with van der Waals surface area (Å²) < 4.78 is 30.1. The maximum atomic E-state index is 11.9. The number of carbonyl (C=O) groups excluding carboxylic acids is 1. The molecule has 1 aliphatic heterocycles. The molecular weight excluding hydrogens is 242 g/mol. The van der Waals surface area contributed by atoms with Crippen molar-refractivity contribution in [2.75, 3.05) is 25.4 Å². The van der Waals surface area contributed by atoms with Crippen LogP contribution in [0.2, 0.25) is 0 Å². The van der Waals surface area contributed by atoms with E-state index >= 15 is 0 Å². The molecule has 0 saturated carbocycles. The normalized spacial score (nSPS) is 22.4. The Morgan fingerprint density at radius 1 is 1.41 bits per heavy atom. The fraction of sp³-hybridized carbons (Fsp3) is 0.909. The van der Waals surface area contributed by atoms with Gasteiger partial charge in [-0.3, -0.25) is 4.79 Å². The van der Waals surface area contributed by atoms with Gasteiger partial charge in [-0.2, -0.15) is 0 Å². The molecule has 1 saturated heterocycles. The van der Waals surface area contributed by atoms with Gasteiger partial charge in [-0.05, 0) is 26.2 Å². The molecule has 0 aromatic rings. The molecule has 0 aromatic carbocycles. The molecule has 1 rings (SSSR count). The van der Waals surface area contributed by atoms with Gasteiger partial charge in [0.25, 0.3) is 0 Å². The number of carbonyl (C=O) groups is 1. The lowest BCUT2D eigenvalue weighted by atomic mass is 10.0. The van der Waals surface area contributed by atoms with E-state index in [4.69, 9.17) is 4.74 Å². The van der Waals surface area contributed by atoms with Gasteiger partial charge in [0, 0.05) is 13.1 Å². The maximum Gasteiger partial charge on any atom is 0.310 e. The van der Waals surface area contributed by atoms with Crippen molar-refractivity contribution in [3.05, 3.63) is 0 Å². The SMILES string of the molecule is CCCS(=O)(=O)N1CCCC(C(=O)OCC)C1. The van der Waals surface area contributed by atoms with Crippen molar-refractivity contribution in [2.24, 2.45) is 5.92 Å². The Hall–Kier alpha value is -0.620. The van der Waals surface area contributed by atoms with Gasteiger partial charge in [-0.25, -0.2) is 12.7 Å². The van der Waals surface area contributed by atoms with Crippen LogP contribution in [0, 0.1) is 5.92 Å². The van der Waals surface area contributed by atoms with Crippen LogP contribution < -0.4 is 0 Å². The number of sulfonamides is 1. The molecule has 0 bridgehead atoms. The molecule has 0 amide bonds. The zero-order valence-electron chi connectivity index (χ0n) is 10.5. The second-order valence-corrected chi connectivity index (χ2v) is 6.35. The van der Waals surface area contributed by atoms with E-state index in [9.17, 15) is 13.2 Å².